The van der Waals surface area contributed by atoms with Crippen LogP contribution in [-0.2, 0) is 9.53 Å². The molecule has 1 fully saturated rings. The van der Waals surface area contributed by atoms with Gasteiger partial charge in [-0.2, -0.15) is 0 Å². The molecule has 1 rings (SSSR count). The summed E-state index contributed by atoms with van der Waals surface area (Å²) in [6, 6.07) is 0.499. The topological polar surface area (TPSA) is 41.6 Å². The first-order valence-electron chi connectivity index (χ1n) is 7.67. The first-order valence-corrected chi connectivity index (χ1v) is 7.67. The number of methoxy groups -OCH3 is 1. The van der Waals surface area contributed by atoms with Crippen LogP contribution >= 0.6 is 0 Å². The monoisotopic (exact) mass is 270 g/mol. The molecule has 1 aliphatic heterocycles. The zero-order valence-electron chi connectivity index (χ0n) is 12.8. The van der Waals surface area contributed by atoms with Crippen molar-refractivity contribution >= 4 is 5.91 Å². The van der Waals surface area contributed by atoms with E-state index >= 15 is 0 Å². The number of nitrogens with zero attached hydrogens (tertiary/aromatic N) is 1. The van der Waals surface area contributed by atoms with Gasteiger partial charge < -0.3 is 15.0 Å². The van der Waals surface area contributed by atoms with Crippen LogP contribution in [0.3, 0.4) is 0 Å². The first kappa shape index (κ1) is 16.4. The lowest BCUT2D eigenvalue weighted by molar-refractivity contribution is -0.132. The van der Waals surface area contributed by atoms with E-state index in [1.165, 1.54) is 12.8 Å². The Labute approximate surface area is 117 Å². The van der Waals surface area contributed by atoms with Crippen molar-refractivity contribution in [2.75, 3.05) is 33.4 Å². The summed E-state index contributed by atoms with van der Waals surface area (Å²) in [4.78, 5) is 14.4. The average molecular weight is 270 g/mol. The predicted octanol–water partition coefficient (Wildman–Crippen LogP) is 2.04. The van der Waals surface area contributed by atoms with Crippen molar-refractivity contribution in [2.45, 2.75) is 52.0 Å². The van der Waals surface area contributed by atoms with Gasteiger partial charge in [-0.15, -0.1) is 0 Å². The molecule has 1 heterocycles. The molecule has 2 atom stereocenters. The van der Waals surface area contributed by atoms with Gasteiger partial charge in [0.15, 0.2) is 0 Å². The van der Waals surface area contributed by atoms with Crippen molar-refractivity contribution in [3.63, 3.8) is 0 Å². The highest BCUT2D eigenvalue weighted by Crippen LogP contribution is 2.11. The van der Waals surface area contributed by atoms with Gasteiger partial charge in [0.25, 0.3) is 0 Å². The van der Waals surface area contributed by atoms with Crippen molar-refractivity contribution in [1.82, 2.24) is 10.2 Å². The zero-order valence-corrected chi connectivity index (χ0v) is 12.8. The summed E-state index contributed by atoms with van der Waals surface area (Å²) in [6.45, 7) is 7.78. The highest BCUT2D eigenvalue weighted by molar-refractivity contribution is 5.76. The lowest BCUT2D eigenvalue weighted by Crippen LogP contribution is -2.42. The lowest BCUT2D eigenvalue weighted by Gasteiger charge is -2.27. The van der Waals surface area contributed by atoms with Crippen LogP contribution in [0.4, 0.5) is 0 Å². The summed E-state index contributed by atoms with van der Waals surface area (Å²) in [5.74, 6) is 0.588. The van der Waals surface area contributed by atoms with Gasteiger partial charge >= 0.3 is 0 Å². The number of ether oxygens (including phenoxy) is 1. The highest BCUT2D eigenvalue weighted by atomic mass is 16.5. The maximum absolute atomic E-state index is 12.4. The van der Waals surface area contributed by atoms with Crippen LogP contribution in [0.25, 0.3) is 0 Å². The number of amides is 1. The van der Waals surface area contributed by atoms with Crippen LogP contribution in [0.2, 0.25) is 0 Å². The Balaban J connectivity index is 2.43. The summed E-state index contributed by atoms with van der Waals surface area (Å²) < 4.78 is 5.12. The molecule has 1 N–H and O–H groups in total. The molecule has 0 spiro atoms. The van der Waals surface area contributed by atoms with Gasteiger partial charge in [0.05, 0.1) is 0 Å². The van der Waals surface area contributed by atoms with Gasteiger partial charge in [-0.05, 0) is 31.7 Å². The van der Waals surface area contributed by atoms with Crippen molar-refractivity contribution < 1.29 is 9.53 Å². The Hall–Kier alpha value is -0.610. The molecule has 112 valence electrons. The van der Waals surface area contributed by atoms with E-state index in [1.54, 1.807) is 7.11 Å². The number of rotatable bonds is 9. The Morgan fingerprint density at radius 3 is 2.89 bits per heavy atom. The highest BCUT2D eigenvalue weighted by Gasteiger charge is 2.22. The molecular weight excluding hydrogens is 240 g/mol. The van der Waals surface area contributed by atoms with E-state index < -0.39 is 0 Å². The molecule has 0 aromatic carbocycles. The number of unbranched alkanes of at least 4 members (excludes halogenated alkanes) is 1. The third-order valence-electron chi connectivity index (χ3n) is 3.71. The summed E-state index contributed by atoms with van der Waals surface area (Å²) in [7, 11) is 1.69. The molecule has 2 unspecified atom stereocenters. The van der Waals surface area contributed by atoms with Crippen molar-refractivity contribution in [3.05, 3.63) is 0 Å². The van der Waals surface area contributed by atoms with Gasteiger partial charge in [0, 0.05) is 39.3 Å². The van der Waals surface area contributed by atoms with Crippen LogP contribution in [0.1, 0.15) is 46.0 Å². The Kier molecular flexibility index (Phi) is 8.07. The van der Waals surface area contributed by atoms with Crippen molar-refractivity contribution in [3.8, 4) is 0 Å². The minimum atomic E-state index is 0.284. The van der Waals surface area contributed by atoms with E-state index in [-0.39, 0.29) is 5.91 Å². The van der Waals surface area contributed by atoms with Gasteiger partial charge in [-0.25, -0.2) is 0 Å². The molecular formula is C15H30N2O2. The lowest BCUT2D eigenvalue weighted by atomic mass is 10.1. The molecule has 0 aliphatic carbocycles. The van der Waals surface area contributed by atoms with E-state index in [9.17, 15) is 4.79 Å². The first-order chi connectivity index (χ1) is 9.17. The van der Waals surface area contributed by atoms with Crippen LogP contribution in [-0.4, -0.2) is 50.2 Å². The molecule has 4 nitrogen and oxygen atoms in total. The van der Waals surface area contributed by atoms with Gasteiger partial charge in [0.2, 0.25) is 5.91 Å². The second kappa shape index (κ2) is 9.32. The van der Waals surface area contributed by atoms with Gasteiger partial charge in [0.1, 0.15) is 0 Å². The van der Waals surface area contributed by atoms with Crippen molar-refractivity contribution in [1.29, 1.82) is 0 Å². The van der Waals surface area contributed by atoms with Gasteiger partial charge in [-0.1, -0.05) is 20.3 Å². The molecule has 1 aliphatic rings. The van der Waals surface area contributed by atoms with Crippen LogP contribution in [0, 0.1) is 5.92 Å². The Morgan fingerprint density at radius 2 is 2.32 bits per heavy atom. The molecule has 1 amide bonds. The maximum Gasteiger partial charge on any atom is 0.222 e. The summed E-state index contributed by atoms with van der Waals surface area (Å²) >= 11 is 0. The zero-order chi connectivity index (χ0) is 14.1. The minimum Gasteiger partial charge on any atom is -0.384 e. The number of hydrogen-bond acceptors (Lipinski definition) is 3. The molecule has 0 saturated carbocycles. The molecule has 0 aromatic rings. The summed E-state index contributed by atoms with van der Waals surface area (Å²) in [6.07, 6.45) is 5.26. The van der Waals surface area contributed by atoms with Crippen LogP contribution in [0.15, 0.2) is 0 Å². The predicted molar refractivity (Wildman–Crippen MR) is 78.2 cm³/mol. The standard InChI is InChI=1S/C15H30N2O2/c1-4-5-9-17(11-14-7-6-8-16-14)15(18)10-13(2)12-19-3/h13-14,16H,4-12H2,1-3H3. The fourth-order valence-electron chi connectivity index (χ4n) is 2.62. The molecule has 0 radical (unpaired) electrons. The van der Waals surface area contributed by atoms with Crippen LogP contribution < -0.4 is 5.32 Å². The molecule has 1 saturated heterocycles. The van der Waals surface area contributed by atoms with E-state index in [2.05, 4.69) is 24.1 Å². The Morgan fingerprint density at radius 1 is 1.53 bits per heavy atom. The largest absolute Gasteiger partial charge is 0.384 e. The summed E-state index contributed by atoms with van der Waals surface area (Å²) in [5.41, 5.74) is 0. The van der Waals surface area contributed by atoms with Crippen molar-refractivity contribution in [2.24, 2.45) is 5.92 Å². The molecule has 0 bridgehead atoms. The molecule has 0 aromatic heterocycles. The smallest absolute Gasteiger partial charge is 0.222 e. The third kappa shape index (κ3) is 6.39. The van der Waals surface area contributed by atoms with E-state index in [0.29, 0.717) is 25.0 Å². The van der Waals surface area contributed by atoms with Crippen LogP contribution in [0.5, 0.6) is 0 Å². The van der Waals surface area contributed by atoms with E-state index in [1.807, 2.05) is 0 Å². The second-order valence-corrected chi connectivity index (χ2v) is 5.75. The third-order valence-corrected chi connectivity index (χ3v) is 3.71. The normalized spacial score (nSPS) is 20.5. The molecule has 19 heavy (non-hydrogen) atoms. The maximum atomic E-state index is 12.4. The number of carbonyl (C=O) groups is 1. The number of carbonyl (C=O) groups excluding carboxylic acids is 1. The quantitative estimate of drug-likeness (QED) is 0.697. The Bertz CT molecular complexity index is 253. The second-order valence-electron chi connectivity index (χ2n) is 5.75. The van der Waals surface area contributed by atoms with Gasteiger partial charge in [-0.3, -0.25) is 4.79 Å². The summed E-state index contributed by atoms with van der Waals surface area (Å²) in [5, 5.41) is 3.48. The van der Waals surface area contributed by atoms with E-state index in [0.717, 1.165) is 32.5 Å². The average Bonchev–Trinajstić information content (AvgIpc) is 2.87. The minimum absolute atomic E-state index is 0.284. The number of hydrogen-bond donors (Lipinski definition) is 1. The molecule has 4 heteroatoms. The number of nitrogens with one attached hydrogen (secondary N) is 1. The fourth-order valence-corrected chi connectivity index (χ4v) is 2.62. The SMILES string of the molecule is CCCCN(CC1CCCN1)C(=O)CC(C)COC. The van der Waals surface area contributed by atoms with E-state index in [4.69, 9.17) is 4.74 Å². The fraction of sp³-hybridized carbons (Fsp3) is 0.933.